The van der Waals surface area contributed by atoms with Crippen LogP contribution in [-0.2, 0) is 25.6 Å². The molecule has 0 aliphatic carbocycles. The van der Waals surface area contributed by atoms with Gasteiger partial charge >= 0.3 is 0 Å². The van der Waals surface area contributed by atoms with Gasteiger partial charge in [0.25, 0.3) is 0 Å². The van der Waals surface area contributed by atoms with Crippen LogP contribution in [0, 0.1) is 12.8 Å². The van der Waals surface area contributed by atoms with Crippen molar-refractivity contribution in [3.05, 3.63) is 35.4 Å². The van der Waals surface area contributed by atoms with E-state index in [2.05, 4.69) is 52.0 Å². The molecule has 1 aromatic rings. The van der Waals surface area contributed by atoms with Gasteiger partial charge in [-0.1, -0.05) is 38.1 Å². The Kier molecular flexibility index (Phi) is 5.78. The Hall–Kier alpha value is -0.940. The Labute approximate surface area is 158 Å². The molecule has 0 spiro atoms. The SMILES string of the molecule is CCOC(C)O[C@@H]1[C@@H](OCc2ccccc2C)[C@]2(C)CC[C@@]1(C(C)C)O2. The lowest BCUT2D eigenvalue weighted by molar-refractivity contribution is -0.216. The maximum absolute atomic E-state index is 6.63. The minimum atomic E-state index is -0.302. The van der Waals surface area contributed by atoms with Crippen molar-refractivity contribution in [2.75, 3.05) is 6.61 Å². The second-order valence-electron chi connectivity index (χ2n) is 8.26. The molecule has 2 aliphatic heterocycles. The number of hydrogen-bond acceptors (Lipinski definition) is 4. The second kappa shape index (κ2) is 7.59. The number of benzene rings is 1. The molecule has 4 nitrogen and oxygen atoms in total. The van der Waals surface area contributed by atoms with Gasteiger partial charge in [-0.25, -0.2) is 0 Å². The molecule has 3 rings (SSSR count). The molecule has 1 aromatic carbocycles. The largest absolute Gasteiger partial charge is 0.368 e. The summed E-state index contributed by atoms with van der Waals surface area (Å²) in [6, 6.07) is 8.37. The lowest BCUT2D eigenvalue weighted by atomic mass is 9.73. The minimum Gasteiger partial charge on any atom is -0.368 e. The molecule has 1 unspecified atom stereocenters. The molecule has 0 amide bonds. The predicted molar refractivity (Wildman–Crippen MR) is 102 cm³/mol. The van der Waals surface area contributed by atoms with Crippen LogP contribution >= 0.6 is 0 Å². The van der Waals surface area contributed by atoms with Gasteiger partial charge in [-0.05, 0) is 57.6 Å². The molecule has 0 radical (unpaired) electrons. The van der Waals surface area contributed by atoms with Crippen molar-refractivity contribution in [2.24, 2.45) is 5.92 Å². The highest BCUT2D eigenvalue weighted by molar-refractivity contribution is 5.25. The summed E-state index contributed by atoms with van der Waals surface area (Å²) in [5.74, 6) is 0.357. The lowest BCUT2D eigenvalue weighted by Gasteiger charge is -2.40. The first-order chi connectivity index (χ1) is 12.3. The van der Waals surface area contributed by atoms with Crippen LogP contribution in [0.3, 0.4) is 0 Å². The molecule has 26 heavy (non-hydrogen) atoms. The third-order valence-corrected chi connectivity index (χ3v) is 6.19. The highest BCUT2D eigenvalue weighted by Gasteiger charge is 2.68. The van der Waals surface area contributed by atoms with E-state index in [0.717, 1.165) is 12.8 Å². The van der Waals surface area contributed by atoms with Crippen LogP contribution in [0.2, 0.25) is 0 Å². The van der Waals surface area contributed by atoms with Gasteiger partial charge in [0.15, 0.2) is 6.29 Å². The van der Waals surface area contributed by atoms with Crippen LogP contribution in [-0.4, -0.2) is 36.3 Å². The van der Waals surface area contributed by atoms with Crippen molar-refractivity contribution >= 4 is 0 Å². The molecule has 0 N–H and O–H groups in total. The summed E-state index contributed by atoms with van der Waals surface area (Å²) in [5, 5.41) is 0. The third kappa shape index (κ3) is 3.45. The van der Waals surface area contributed by atoms with E-state index >= 15 is 0 Å². The molecule has 4 heteroatoms. The molecule has 146 valence electrons. The molecule has 5 atom stereocenters. The Morgan fingerprint density at radius 2 is 1.88 bits per heavy atom. The molecule has 0 saturated carbocycles. The topological polar surface area (TPSA) is 36.9 Å². The first-order valence-corrected chi connectivity index (χ1v) is 9.95. The Balaban J connectivity index is 1.82. The van der Waals surface area contributed by atoms with E-state index in [1.807, 2.05) is 13.8 Å². The van der Waals surface area contributed by atoms with Crippen molar-refractivity contribution in [3.8, 4) is 0 Å². The lowest BCUT2D eigenvalue weighted by Crippen LogP contribution is -2.54. The summed E-state index contributed by atoms with van der Waals surface area (Å²) in [5.41, 5.74) is 1.87. The van der Waals surface area contributed by atoms with Gasteiger partial charge in [0, 0.05) is 6.61 Å². The van der Waals surface area contributed by atoms with Crippen LogP contribution in [0.1, 0.15) is 58.6 Å². The Morgan fingerprint density at radius 1 is 1.15 bits per heavy atom. The number of ether oxygens (including phenoxy) is 4. The first kappa shape index (κ1) is 19.8. The summed E-state index contributed by atoms with van der Waals surface area (Å²) in [7, 11) is 0. The standard InChI is InChI=1S/C22H34O4/c1-7-23-17(5)25-20-19(24-14-18-11-9-8-10-16(18)4)21(6)12-13-22(20,26-21)15(2)3/h8-11,15,17,19-20H,7,12-14H2,1-6H3/t17?,19-,20-,21+,22+/m1/s1. The summed E-state index contributed by atoms with van der Waals surface area (Å²) in [6.45, 7) is 13.9. The molecule has 2 heterocycles. The van der Waals surface area contributed by atoms with Gasteiger partial charge in [0.1, 0.15) is 17.8 Å². The van der Waals surface area contributed by atoms with E-state index < -0.39 is 0 Å². The normalized spacial score (nSPS) is 34.6. The monoisotopic (exact) mass is 362 g/mol. The average Bonchev–Trinajstić information content (AvgIpc) is 3.06. The van der Waals surface area contributed by atoms with Crippen molar-refractivity contribution in [2.45, 2.75) is 90.7 Å². The first-order valence-electron chi connectivity index (χ1n) is 9.95. The van der Waals surface area contributed by atoms with Crippen LogP contribution in [0.15, 0.2) is 24.3 Å². The van der Waals surface area contributed by atoms with E-state index in [1.54, 1.807) is 0 Å². The summed E-state index contributed by atoms with van der Waals surface area (Å²) in [6.07, 6.45) is 1.53. The van der Waals surface area contributed by atoms with Gasteiger partial charge in [-0.3, -0.25) is 0 Å². The zero-order chi connectivity index (χ0) is 18.9. The quantitative estimate of drug-likeness (QED) is 0.632. The van der Waals surface area contributed by atoms with E-state index in [4.69, 9.17) is 18.9 Å². The van der Waals surface area contributed by atoms with Gasteiger partial charge in [0.05, 0.1) is 12.2 Å². The molecule has 2 aliphatic rings. The average molecular weight is 363 g/mol. The van der Waals surface area contributed by atoms with Crippen molar-refractivity contribution in [3.63, 3.8) is 0 Å². The number of rotatable bonds is 8. The van der Waals surface area contributed by atoms with Gasteiger partial charge in [-0.2, -0.15) is 0 Å². The zero-order valence-electron chi connectivity index (χ0n) is 17.1. The Bertz CT molecular complexity index is 616. The fourth-order valence-electron chi connectivity index (χ4n) is 4.57. The highest BCUT2D eigenvalue weighted by Crippen LogP contribution is 2.56. The minimum absolute atomic E-state index is 0.0961. The fraction of sp³-hybridized carbons (Fsp3) is 0.727. The molecule has 2 bridgehead atoms. The maximum atomic E-state index is 6.63. The Morgan fingerprint density at radius 3 is 2.54 bits per heavy atom. The van der Waals surface area contributed by atoms with Crippen molar-refractivity contribution in [1.82, 2.24) is 0 Å². The smallest absolute Gasteiger partial charge is 0.155 e. The molecule has 2 saturated heterocycles. The molecular weight excluding hydrogens is 328 g/mol. The summed E-state index contributed by atoms with van der Waals surface area (Å²) >= 11 is 0. The van der Waals surface area contributed by atoms with E-state index in [9.17, 15) is 0 Å². The number of hydrogen-bond donors (Lipinski definition) is 0. The fourth-order valence-corrected chi connectivity index (χ4v) is 4.57. The zero-order valence-corrected chi connectivity index (χ0v) is 17.1. The summed E-state index contributed by atoms with van der Waals surface area (Å²) in [4.78, 5) is 0. The second-order valence-corrected chi connectivity index (χ2v) is 8.26. The van der Waals surface area contributed by atoms with Crippen LogP contribution in [0.5, 0.6) is 0 Å². The summed E-state index contributed by atoms with van der Waals surface area (Å²) < 4.78 is 25.1. The predicted octanol–water partition coefficient (Wildman–Crippen LogP) is 4.63. The van der Waals surface area contributed by atoms with Gasteiger partial charge in [0.2, 0.25) is 0 Å². The van der Waals surface area contributed by atoms with E-state index in [1.165, 1.54) is 11.1 Å². The van der Waals surface area contributed by atoms with Crippen molar-refractivity contribution < 1.29 is 18.9 Å². The van der Waals surface area contributed by atoms with Crippen LogP contribution < -0.4 is 0 Å². The highest BCUT2D eigenvalue weighted by atomic mass is 16.7. The molecule has 2 fully saturated rings. The van der Waals surface area contributed by atoms with Gasteiger partial charge < -0.3 is 18.9 Å². The van der Waals surface area contributed by atoms with E-state index in [-0.39, 0.29) is 29.7 Å². The number of aryl methyl sites for hydroxylation is 1. The van der Waals surface area contributed by atoms with Crippen LogP contribution in [0.25, 0.3) is 0 Å². The maximum Gasteiger partial charge on any atom is 0.155 e. The van der Waals surface area contributed by atoms with Crippen molar-refractivity contribution in [1.29, 1.82) is 0 Å². The van der Waals surface area contributed by atoms with Gasteiger partial charge in [-0.15, -0.1) is 0 Å². The van der Waals surface area contributed by atoms with E-state index in [0.29, 0.717) is 19.1 Å². The molecule has 0 aromatic heterocycles. The third-order valence-electron chi connectivity index (χ3n) is 6.19. The van der Waals surface area contributed by atoms with Crippen LogP contribution in [0.4, 0.5) is 0 Å². The number of fused-ring (bicyclic) bond motifs is 2. The molecular formula is C22H34O4.